The Balaban J connectivity index is 2.70. The molecule has 0 unspecified atom stereocenters. The van der Waals surface area contributed by atoms with Crippen molar-refractivity contribution in [1.82, 2.24) is 15.3 Å². The number of hydrogen-bond donors (Lipinski definition) is 3. The quantitative estimate of drug-likeness (QED) is 0.545. The number of amides is 2. The number of nitrogens with two attached hydrogens (primary N) is 2. The van der Waals surface area contributed by atoms with Gasteiger partial charge < -0.3 is 16.8 Å². The Bertz CT molecular complexity index is 509. The molecule has 0 saturated heterocycles. The van der Waals surface area contributed by atoms with Gasteiger partial charge in [-0.05, 0) is 18.5 Å². The van der Waals surface area contributed by atoms with Crippen molar-refractivity contribution in [2.45, 2.75) is 0 Å². The van der Waals surface area contributed by atoms with Crippen molar-refractivity contribution in [3.05, 3.63) is 10.8 Å². The van der Waals surface area contributed by atoms with Crippen LogP contribution in [0.2, 0.25) is 5.15 Å². The number of aromatic nitrogens is 2. The molecule has 0 aliphatic rings. The monoisotopic (exact) mass is 288 g/mol. The van der Waals surface area contributed by atoms with Gasteiger partial charge in [-0.3, -0.25) is 9.59 Å². The minimum Gasteiger partial charge on any atom is -0.382 e. The summed E-state index contributed by atoms with van der Waals surface area (Å²) in [6, 6.07) is 0. The van der Waals surface area contributed by atoms with Gasteiger partial charge in [0.1, 0.15) is 0 Å². The van der Waals surface area contributed by atoms with Gasteiger partial charge in [0.05, 0.1) is 5.88 Å². The molecule has 10 heteroatoms. The summed E-state index contributed by atoms with van der Waals surface area (Å²) in [7, 11) is 0. The van der Waals surface area contributed by atoms with Gasteiger partial charge in [0, 0.05) is 0 Å². The Morgan fingerprint density at radius 3 is 2.67 bits per heavy atom. The first-order valence-corrected chi connectivity index (χ1v) is 5.82. The molecule has 2 amide bonds. The van der Waals surface area contributed by atoms with E-state index in [-0.39, 0.29) is 28.4 Å². The maximum absolute atomic E-state index is 11.6. The number of nitrogen functional groups attached to an aromatic ring is 2. The second-order valence-corrected chi connectivity index (χ2v) is 4.14. The number of nitrogens with one attached hydrogen (secondary N) is 1. The summed E-state index contributed by atoms with van der Waals surface area (Å²) >= 11 is 6.39. The van der Waals surface area contributed by atoms with Crippen molar-refractivity contribution in [2.24, 2.45) is 4.99 Å². The van der Waals surface area contributed by atoms with Gasteiger partial charge in [0.2, 0.25) is 0 Å². The zero-order valence-electron chi connectivity index (χ0n) is 9.01. The molecular formula is C8H9ClN6O2S. The van der Waals surface area contributed by atoms with Crippen LogP contribution in [0.15, 0.2) is 4.99 Å². The van der Waals surface area contributed by atoms with Crippen LogP contribution in [0.25, 0.3) is 0 Å². The van der Waals surface area contributed by atoms with Crippen LogP contribution in [0.3, 0.4) is 0 Å². The highest BCUT2D eigenvalue weighted by molar-refractivity contribution is 8.13. The largest absolute Gasteiger partial charge is 0.382 e. The van der Waals surface area contributed by atoms with Crippen molar-refractivity contribution in [2.75, 3.05) is 17.3 Å². The highest BCUT2D eigenvalue weighted by atomic mass is 35.5. The highest BCUT2D eigenvalue weighted by Crippen LogP contribution is 2.17. The Morgan fingerprint density at radius 1 is 1.39 bits per heavy atom. The first-order valence-electron chi connectivity index (χ1n) is 4.46. The topological polar surface area (TPSA) is 136 Å². The lowest BCUT2D eigenvalue weighted by Gasteiger charge is -2.06. The van der Waals surface area contributed by atoms with Gasteiger partial charge >= 0.3 is 5.24 Å². The van der Waals surface area contributed by atoms with Gasteiger partial charge in [-0.25, -0.2) is 15.0 Å². The van der Waals surface area contributed by atoms with Crippen LogP contribution in [0.5, 0.6) is 0 Å². The van der Waals surface area contributed by atoms with Gasteiger partial charge in [-0.1, -0.05) is 11.6 Å². The number of nitrogens with zero attached hydrogens (tertiary/aromatic N) is 3. The van der Waals surface area contributed by atoms with E-state index in [4.69, 9.17) is 23.1 Å². The Hall–Kier alpha value is -1.87. The third-order valence-corrected chi connectivity index (χ3v) is 2.62. The van der Waals surface area contributed by atoms with Crippen LogP contribution < -0.4 is 16.8 Å². The molecule has 1 heterocycles. The third kappa shape index (κ3) is 3.57. The van der Waals surface area contributed by atoms with Crippen LogP contribution in [0, 0.1) is 0 Å². The first-order chi connectivity index (χ1) is 8.45. The molecule has 0 fully saturated rings. The number of carbonyl (C=O) groups is 2. The molecule has 0 atom stereocenters. The lowest BCUT2D eigenvalue weighted by molar-refractivity contribution is 0.0957. The summed E-state index contributed by atoms with van der Waals surface area (Å²) in [5.74, 6) is -0.829. The van der Waals surface area contributed by atoms with E-state index in [0.717, 1.165) is 11.8 Å². The van der Waals surface area contributed by atoms with Crippen LogP contribution in [-0.4, -0.2) is 33.7 Å². The molecule has 0 saturated carbocycles. The molecule has 0 aromatic carbocycles. The highest BCUT2D eigenvalue weighted by Gasteiger charge is 2.15. The van der Waals surface area contributed by atoms with Crippen LogP contribution in [-0.2, 0) is 0 Å². The molecule has 8 nitrogen and oxygen atoms in total. The number of thioether (sulfide) groups is 1. The molecule has 96 valence electrons. The van der Waals surface area contributed by atoms with Crippen molar-refractivity contribution in [3.8, 4) is 0 Å². The summed E-state index contributed by atoms with van der Waals surface area (Å²) in [6.07, 6.45) is 0. The SMILES string of the molecule is C=NC(=O)SCNC(=O)c1nc(Cl)c(N)nc1N. The molecule has 0 radical (unpaired) electrons. The molecule has 5 N–H and O–H groups in total. The molecule has 18 heavy (non-hydrogen) atoms. The van der Waals surface area contributed by atoms with E-state index in [1.165, 1.54) is 0 Å². The second-order valence-electron chi connectivity index (χ2n) is 2.85. The lowest BCUT2D eigenvalue weighted by Crippen LogP contribution is -2.26. The Kier molecular flexibility index (Phi) is 4.86. The number of rotatable bonds is 3. The molecule has 0 aliphatic heterocycles. The van der Waals surface area contributed by atoms with Gasteiger partial charge in [0.25, 0.3) is 5.91 Å². The van der Waals surface area contributed by atoms with Crippen molar-refractivity contribution >= 4 is 52.9 Å². The van der Waals surface area contributed by atoms with Crippen molar-refractivity contribution in [3.63, 3.8) is 0 Å². The fourth-order valence-corrected chi connectivity index (χ4v) is 1.45. The lowest BCUT2D eigenvalue weighted by atomic mass is 10.4. The van der Waals surface area contributed by atoms with Crippen molar-refractivity contribution < 1.29 is 9.59 Å². The zero-order valence-corrected chi connectivity index (χ0v) is 10.6. The number of carbonyl (C=O) groups excluding carboxylic acids is 2. The molecule has 1 rings (SSSR count). The first kappa shape index (κ1) is 14.2. The van der Waals surface area contributed by atoms with E-state index in [1.54, 1.807) is 0 Å². The van der Waals surface area contributed by atoms with E-state index in [2.05, 4.69) is 27.0 Å². The summed E-state index contributed by atoms with van der Waals surface area (Å²) < 4.78 is 0. The fraction of sp³-hybridized carbons (Fsp3) is 0.125. The van der Waals surface area contributed by atoms with E-state index in [1.807, 2.05) is 0 Å². The molecule has 0 spiro atoms. The minimum atomic E-state index is -0.619. The average molecular weight is 289 g/mol. The molecule has 0 bridgehead atoms. The predicted octanol–water partition coefficient (Wildman–Crippen LogP) is 0.536. The smallest absolute Gasteiger partial charge is 0.305 e. The summed E-state index contributed by atoms with van der Waals surface area (Å²) in [4.78, 5) is 32.9. The molecule has 0 aliphatic carbocycles. The van der Waals surface area contributed by atoms with Crippen LogP contribution in [0.1, 0.15) is 10.5 Å². The number of hydrogen-bond acceptors (Lipinski definition) is 7. The normalized spacial score (nSPS) is 9.83. The van der Waals surface area contributed by atoms with Gasteiger partial charge in [-0.15, -0.1) is 0 Å². The van der Waals surface area contributed by atoms with Gasteiger partial charge in [-0.2, -0.15) is 0 Å². The number of halogens is 1. The summed E-state index contributed by atoms with van der Waals surface area (Å²) in [6.45, 7) is 3.05. The molecule has 1 aromatic heterocycles. The molecule has 1 aromatic rings. The van der Waals surface area contributed by atoms with E-state index >= 15 is 0 Å². The van der Waals surface area contributed by atoms with Crippen LogP contribution in [0.4, 0.5) is 16.4 Å². The fourth-order valence-electron chi connectivity index (χ4n) is 0.901. The van der Waals surface area contributed by atoms with E-state index < -0.39 is 11.1 Å². The Labute approximate surface area is 111 Å². The van der Waals surface area contributed by atoms with E-state index in [9.17, 15) is 9.59 Å². The average Bonchev–Trinajstić information content (AvgIpc) is 2.33. The van der Waals surface area contributed by atoms with E-state index in [0.29, 0.717) is 0 Å². The Morgan fingerprint density at radius 2 is 2.06 bits per heavy atom. The third-order valence-electron chi connectivity index (χ3n) is 1.68. The molecular weight excluding hydrogens is 280 g/mol. The predicted molar refractivity (Wildman–Crippen MR) is 70.7 cm³/mol. The van der Waals surface area contributed by atoms with Crippen LogP contribution >= 0.6 is 23.4 Å². The van der Waals surface area contributed by atoms with Crippen molar-refractivity contribution in [1.29, 1.82) is 0 Å². The maximum Gasteiger partial charge on any atom is 0.305 e. The second kappa shape index (κ2) is 6.17. The standard InChI is InChI=1S/C8H9ClN6O2S/c1-12-8(17)18-2-13-7(16)3-5(10)15-6(11)4(9)14-3/h1-2H2,(H,13,16)(H4,10,11,15). The summed E-state index contributed by atoms with van der Waals surface area (Å²) in [5.41, 5.74) is 10.7. The minimum absolute atomic E-state index is 0.000196. The summed E-state index contributed by atoms with van der Waals surface area (Å²) in [5, 5.41) is 1.76. The number of anilines is 2. The maximum atomic E-state index is 11.6. The zero-order chi connectivity index (χ0) is 13.7. The number of aliphatic imine (C=N–C) groups is 1. The van der Waals surface area contributed by atoms with Gasteiger partial charge in [0.15, 0.2) is 22.5 Å².